The van der Waals surface area contributed by atoms with Crippen LogP contribution in [0, 0.1) is 28.5 Å². The van der Waals surface area contributed by atoms with Gasteiger partial charge in [-0.15, -0.1) is 0 Å². The highest BCUT2D eigenvalue weighted by atomic mass is 35.5. The van der Waals surface area contributed by atoms with Crippen molar-refractivity contribution in [3.63, 3.8) is 0 Å². The average Bonchev–Trinajstić information content (AvgIpc) is 4.12. The van der Waals surface area contributed by atoms with Crippen molar-refractivity contribution >= 4 is 52.5 Å². The number of amides is 5. The fourth-order valence-corrected chi connectivity index (χ4v) is 14.6. The van der Waals surface area contributed by atoms with Crippen LogP contribution in [0.4, 0.5) is 28.9 Å². The first-order valence-electron chi connectivity index (χ1n) is 24.3. The number of imide groups is 1. The molecule has 2 bridgehead atoms. The molecule has 4 saturated heterocycles. The molecule has 1 unspecified atom stereocenters. The van der Waals surface area contributed by atoms with E-state index in [9.17, 15) is 37.1 Å². The van der Waals surface area contributed by atoms with Crippen LogP contribution < -0.4 is 21.3 Å². The summed E-state index contributed by atoms with van der Waals surface area (Å²) in [6.07, 6.45) is 1.09. The van der Waals surface area contributed by atoms with Crippen molar-refractivity contribution in [1.82, 2.24) is 25.0 Å². The number of nitrogens with one attached hydrogen (secondary N) is 2. The molecular weight excluding hydrogens is 916 g/mol. The molecule has 18 heteroatoms. The number of primary amides is 1. The first-order chi connectivity index (χ1) is 32.6. The number of rotatable bonds is 7. The fourth-order valence-electron chi connectivity index (χ4n) is 14.5. The third kappa shape index (κ3) is 7.16. The number of halogens is 5. The molecule has 3 aliphatic carbocycles. The average molecular weight is 974 g/mol. The van der Waals surface area contributed by atoms with Crippen LogP contribution in [0.3, 0.4) is 0 Å². The number of nitrogens with two attached hydrogens (primary N) is 1. The molecule has 7 atom stereocenters. The Bertz CT molecular complexity index is 2670. The molecule has 12 rings (SSSR count). The number of pyridine rings is 1. The molecule has 1 aromatic heterocycles. The van der Waals surface area contributed by atoms with E-state index >= 15 is 4.39 Å². The van der Waals surface area contributed by atoms with Crippen LogP contribution in [-0.2, 0) is 37.3 Å². The minimum atomic E-state index is -4.70. The van der Waals surface area contributed by atoms with E-state index in [1.807, 2.05) is 18.2 Å². The Morgan fingerprint density at radius 2 is 1.64 bits per heavy atom. The summed E-state index contributed by atoms with van der Waals surface area (Å²) in [6.45, 7) is 9.45. The van der Waals surface area contributed by atoms with Gasteiger partial charge >= 0.3 is 6.18 Å². The van der Waals surface area contributed by atoms with E-state index in [-0.39, 0.29) is 64.2 Å². The maximum atomic E-state index is 16.6. The Kier molecular flexibility index (Phi) is 10.6. The standard InChI is InChI=1S/C51H57ClF4N8O5/c1-47(2,3)19-38-50(26-59-35-18-37(51(54,55)56)58-20-33(35)50)40(32-5-4-6-34(52)41(32)53)42(43(57)66)64(38)49-14-11-48(12-15-49,13-16-49)46(69)62-23-28-21-61(22-29(28)24-62)30-7-8-31-27(17-30)25-63(45(31)68)36-9-10-39(65)60-44(36)67/h4-8,17-18,20,28-29,36,38,40,42,59H,9-16,19,21-26H2,1-3H3,(H2,57,66)(H,60,65,67)/t28-,29-,36?,38+,40+,42-,48?,49?,50+/m1/s1. The van der Waals surface area contributed by atoms with Crippen LogP contribution in [0.1, 0.15) is 117 Å². The number of carbonyl (C=O) groups excluding carboxylic acids is 5. The summed E-state index contributed by atoms with van der Waals surface area (Å²) < 4.78 is 58.9. The van der Waals surface area contributed by atoms with Crippen molar-refractivity contribution in [2.75, 3.05) is 42.9 Å². The highest BCUT2D eigenvalue weighted by molar-refractivity contribution is 6.30. The summed E-state index contributed by atoms with van der Waals surface area (Å²) in [5.41, 5.74) is 6.07. The number of carbonyl (C=O) groups is 5. The van der Waals surface area contributed by atoms with Gasteiger partial charge in [-0.1, -0.05) is 44.5 Å². The highest BCUT2D eigenvalue weighted by Gasteiger charge is 2.70. The molecule has 69 heavy (non-hydrogen) atoms. The summed E-state index contributed by atoms with van der Waals surface area (Å²) in [4.78, 5) is 79.0. The zero-order chi connectivity index (χ0) is 48.7. The molecule has 2 aromatic carbocycles. The Hall–Kier alpha value is -5.29. The van der Waals surface area contributed by atoms with Gasteiger partial charge in [-0.3, -0.25) is 39.2 Å². The largest absolute Gasteiger partial charge is 0.433 e. The molecule has 7 fully saturated rings. The first kappa shape index (κ1) is 46.1. The minimum absolute atomic E-state index is 0.117. The number of fused-ring (bicyclic) bond motifs is 7. The van der Waals surface area contributed by atoms with Crippen LogP contribution in [-0.4, -0.2) is 106 Å². The summed E-state index contributed by atoms with van der Waals surface area (Å²) in [5.74, 6) is -2.59. The molecular formula is C51H57ClF4N8O5. The van der Waals surface area contributed by atoms with E-state index in [0.717, 1.165) is 30.4 Å². The predicted molar refractivity (Wildman–Crippen MR) is 247 cm³/mol. The van der Waals surface area contributed by atoms with E-state index < -0.39 is 69.9 Å². The Morgan fingerprint density at radius 3 is 2.28 bits per heavy atom. The molecule has 3 aromatic rings. The summed E-state index contributed by atoms with van der Waals surface area (Å²) in [6, 6.07) is 9.26. The third-order valence-corrected chi connectivity index (χ3v) is 17.9. The number of piperidine rings is 1. The monoisotopic (exact) mass is 972 g/mol. The van der Waals surface area contributed by atoms with Crippen molar-refractivity contribution in [3.8, 4) is 0 Å². The smallest absolute Gasteiger partial charge is 0.384 e. The second-order valence-electron chi connectivity index (χ2n) is 22.5. The lowest BCUT2D eigenvalue weighted by molar-refractivity contribution is -0.157. The van der Waals surface area contributed by atoms with Gasteiger partial charge in [0.1, 0.15) is 17.6 Å². The zero-order valence-corrected chi connectivity index (χ0v) is 39.7. The van der Waals surface area contributed by atoms with Gasteiger partial charge in [-0.25, -0.2) is 4.39 Å². The number of benzene rings is 2. The van der Waals surface area contributed by atoms with E-state index in [4.69, 9.17) is 17.3 Å². The highest BCUT2D eigenvalue weighted by Crippen LogP contribution is 2.66. The Morgan fingerprint density at radius 1 is 0.942 bits per heavy atom. The lowest BCUT2D eigenvalue weighted by Crippen LogP contribution is -2.65. The van der Waals surface area contributed by atoms with Gasteiger partial charge in [0.2, 0.25) is 23.6 Å². The quantitative estimate of drug-likeness (QED) is 0.172. The molecule has 4 N–H and O–H groups in total. The van der Waals surface area contributed by atoms with Crippen molar-refractivity contribution in [3.05, 3.63) is 87.4 Å². The Labute approximate surface area is 402 Å². The maximum absolute atomic E-state index is 16.6. The molecule has 366 valence electrons. The lowest BCUT2D eigenvalue weighted by Gasteiger charge is -2.59. The normalized spacial score (nSPS) is 33.0. The number of nitrogens with zero attached hydrogens (tertiary/aromatic N) is 5. The minimum Gasteiger partial charge on any atom is -0.384 e. The number of alkyl halides is 3. The third-order valence-electron chi connectivity index (χ3n) is 17.6. The van der Waals surface area contributed by atoms with Gasteiger partial charge in [0.25, 0.3) is 5.91 Å². The summed E-state index contributed by atoms with van der Waals surface area (Å²) >= 11 is 6.47. The number of hydrogen-bond acceptors (Lipinski definition) is 9. The van der Waals surface area contributed by atoms with Gasteiger partial charge in [0.15, 0.2) is 0 Å². The molecule has 13 nitrogen and oxygen atoms in total. The van der Waals surface area contributed by atoms with E-state index in [2.05, 4.69) is 51.1 Å². The molecule has 5 amide bonds. The number of aromatic nitrogens is 1. The van der Waals surface area contributed by atoms with Crippen LogP contribution in [0.5, 0.6) is 0 Å². The first-order valence-corrected chi connectivity index (χ1v) is 24.7. The van der Waals surface area contributed by atoms with Crippen LogP contribution in [0.15, 0.2) is 48.7 Å². The van der Waals surface area contributed by atoms with Crippen LogP contribution in [0.2, 0.25) is 5.02 Å². The van der Waals surface area contributed by atoms with Crippen molar-refractivity contribution in [1.29, 1.82) is 0 Å². The van der Waals surface area contributed by atoms with Crippen molar-refractivity contribution in [2.24, 2.45) is 28.4 Å². The fraction of sp³-hybridized carbons (Fsp3) is 0.569. The van der Waals surface area contributed by atoms with E-state index in [1.54, 1.807) is 17.0 Å². The van der Waals surface area contributed by atoms with Crippen LogP contribution in [0.25, 0.3) is 0 Å². The van der Waals surface area contributed by atoms with Gasteiger partial charge in [-0.2, -0.15) is 13.2 Å². The molecule has 0 radical (unpaired) electrons. The van der Waals surface area contributed by atoms with Crippen LogP contribution >= 0.6 is 11.6 Å². The molecule has 1 spiro atoms. The predicted octanol–water partition coefficient (Wildman–Crippen LogP) is 6.76. The van der Waals surface area contributed by atoms with Gasteiger partial charge < -0.3 is 25.8 Å². The SMILES string of the molecule is CC(C)(C)C[C@@H]1N(C23CCC(C(=O)N4C[C@H]5CN(c6ccc7c(c6)CN(C6CCC(=O)NC6=O)C7=O)C[C@@H]5C4)(CC2)CC3)[C@@H](C(N)=O)[C@H](c2cccc(Cl)c2F)[C@]12CNc1cc(C(F)(F)F)ncc12. The molecule has 7 heterocycles. The van der Waals surface area contributed by atoms with E-state index in [0.29, 0.717) is 82.1 Å². The van der Waals surface area contributed by atoms with Crippen molar-refractivity contribution in [2.45, 2.75) is 126 Å². The van der Waals surface area contributed by atoms with Crippen molar-refractivity contribution < 1.29 is 41.5 Å². The number of likely N-dealkylation sites (tertiary alicyclic amines) is 2. The van der Waals surface area contributed by atoms with Gasteiger partial charge in [0, 0.05) is 115 Å². The maximum Gasteiger partial charge on any atom is 0.433 e. The molecule has 6 aliphatic heterocycles. The second kappa shape index (κ2) is 15.9. The number of anilines is 2. The Balaban J connectivity index is 0.838. The molecule has 9 aliphatic rings. The van der Waals surface area contributed by atoms with Gasteiger partial charge in [-0.05, 0) is 98.2 Å². The molecule has 3 saturated carbocycles. The lowest BCUT2D eigenvalue weighted by atomic mass is 9.55. The summed E-state index contributed by atoms with van der Waals surface area (Å²) in [7, 11) is 0. The second-order valence-corrected chi connectivity index (χ2v) is 23.0. The summed E-state index contributed by atoms with van der Waals surface area (Å²) in [5, 5.41) is 5.49. The number of hydrogen-bond donors (Lipinski definition) is 3. The zero-order valence-electron chi connectivity index (χ0n) is 38.9. The van der Waals surface area contributed by atoms with E-state index in [1.165, 1.54) is 12.3 Å². The van der Waals surface area contributed by atoms with Gasteiger partial charge in [0.05, 0.1) is 11.1 Å². The topological polar surface area (TPSA) is 161 Å².